The van der Waals surface area contributed by atoms with Crippen LogP contribution < -0.4 is 0 Å². The van der Waals surface area contributed by atoms with Gasteiger partial charge in [0.25, 0.3) is 5.79 Å². The van der Waals surface area contributed by atoms with Crippen LogP contribution in [0.5, 0.6) is 0 Å². The van der Waals surface area contributed by atoms with Crippen LogP contribution in [0.1, 0.15) is 52.4 Å². The average molecular weight is 617 g/mol. The molecule has 0 saturated carbocycles. The highest BCUT2D eigenvalue weighted by Gasteiger charge is 2.67. The molecule has 4 saturated heterocycles. The number of carbonyl (C=O) groups is 1. The second-order valence-electron chi connectivity index (χ2n) is 11.8. The number of hydrogen-bond acceptors (Lipinski definition) is 10. The monoisotopic (exact) mass is 616 g/mol. The molecule has 10 heteroatoms. The smallest absolute Gasteiger partial charge is 0.340 e. The van der Waals surface area contributed by atoms with Crippen LogP contribution in [0.25, 0.3) is 0 Å². The van der Waals surface area contributed by atoms with Crippen LogP contribution in [0, 0.1) is 0 Å². The van der Waals surface area contributed by atoms with Gasteiger partial charge in [0.2, 0.25) is 5.79 Å². The van der Waals surface area contributed by atoms with Crippen molar-refractivity contribution in [1.82, 2.24) is 0 Å². The van der Waals surface area contributed by atoms with Gasteiger partial charge in [0, 0.05) is 34.1 Å². The molecule has 4 aliphatic rings. The first-order valence-corrected chi connectivity index (χ1v) is 16.9. The molecule has 6 rings (SSSR count). The molecule has 4 heterocycles. The summed E-state index contributed by atoms with van der Waals surface area (Å²) in [5, 5.41) is 11.3. The summed E-state index contributed by atoms with van der Waals surface area (Å²) in [4.78, 5) is 15.9. The first kappa shape index (κ1) is 30.4. The van der Waals surface area contributed by atoms with Crippen molar-refractivity contribution in [3.8, 4) is 0 Å². The summed E-state index contributed by atoms with van der Waals surface area (Å²) in [5.74, 6) is -2.85. The topological polar surface area (TPSA) is 92.7 Å². The maximum atomic E-state index is 13.6. The summed E-state index contributed by atoms with van der Waals surface area (Å²) in [5.41, 5.74) is 0. The zero-order valence-corrected chi connectivity index (χ0v) is 25.8. The Hall–Kier alpha value is -1.63. The van der Waals surface area contributed by atoms with E-state index in [2.05, 4.69) is 24.3 Å². The van der Waals surface area contributed by atoms with Gasteiger partial charge in [0.15, 0.2) is 11.9 Å². The highest BCUT2D eigenvalue weighted by molar-refractivity contribution is 7.99. The lowest BCUT2D eigenvalue weighted by Crippen LogP contribution is -2.72. The third-order valence-corrected chi connectivity index (χ3v) is 10.5. The molecule has 42 heavy (non-hydrogen) atoms. The van der Waals surface area contributed by atoms with E-state index in [1.54, 1.807) is 37.4 Å². The van der Waals surface area contributed by atoms with Crippen molar-refractivity contribution in [3.05, 3.63) is 60.7 Å². The lowest BCUT2D eigenvalue weighted by Gasteiger charge is -2.57. The minimum absolute atomic E-state index is 0.145. The largest absolute Gasteiger partial charge is 0.425 e. The fourth-order valence-corrected chi connectivity index (χ4v) is 8.12. The van der Waals surface area contributed by atoms with Crippen LogP contribution in [-0.4, -0.2) is 77.1 Å². The van der Waals surface area contributed by atoms with E-state index in [0.29, 0.717) is 24.3 Å². The lowest BCUT2D eigenvalue weighted by molar-refractivity contribution is -0.460. The number of thioether (sulfide) groups is 2. The molecule has 0 aromatic heterocycles. The summed E-state index contributed by atoms with van der Waals surface area (Å²) < 4.78 is 38.0. The third kappa shape index (κ3) is 6.56. The molecular formula is C32H40O8S2. The van der Waals surface area contributed by atoms with Gasteiger partial charge in [-0.1, -0.05) is 36.4 Å². The van der Waals surface area contributed by atoms with E-state index in [4.69, 9.17) is 28.4 Å². The standard InChI is InChI=1S/C32H40O8S2/c1-30(2)35-19-26(38-30)27(33)28-29(34)40-32(18-10-12-23(37-32)21-42-25-15-7-4-8-16-25)31(39-28)17-9-11-22(36-31)20-41-24-13-5-3-6-14-24/h3-8,13-16,22-23,26-28,33H,9-12,17-21H2,1-2H3/t22-,23-,26+,27+,28+,31-,32-/m0/s1. The van der Waals surface area contributed by atoms with Crippen LogP contribution in [0.4, 0.5) is 0 Å². The number of aliphatic hydroxyl groups is 1. The minimum Gasteiger partial charge on any atom is -0.425 e. The first-order valence-electron chi connectivity index (χ1n) is 14.9. The highest BCUT2D eigenvalue weighted by atomic mass is 32.2. The molecule has 0 radical (unpaired) electrons. The molecule has 2 aromatic rings. The molecule has 0 amide bonds. The Bertz CT molecular complexity index is 1200. The molecule has 0 unspecified atom stereocenters. The lowest BCUT2D eigenvalue weighted by atomic mass is 9.86. The molecule has 0 aliphatic carbocycles. The van der Waals surface area contributed by atoms with Crippen LogP contribution in [0.15, 0.2) is 70.5 Å². The van der Waals surface area contributed by atoms with Gasteiger partial charge in [-0.2, -0.15) is 0 Å². The first-order chi connectivity index (χ1) is 20.3. The summed E-state index contributed by atoms with van der Waals surface area (Å²) >= 11 is 3.44. The minimum atomic E-state index is -1.40. The van der Waals surface area contributed by atoms with Crippen LogP contribution in [-0.2, 0) is 33.2 Å². The molecule has 4 fully saturated rings. The number of benzene rings is 2. The number of ether oxygens (including phenoxy) is 6. The predicted octanol–water partition coefficient (Wildman–Crippen LogP) is 5.56. The van der Waals surface area contributed by atoms with Crippen molar-refractivity contribution in [2.75, 3.05) is 18.1 Å². The predicted molar refractivity (Wildman–Crippen MR) is 159 cm³/mol. The number of rotatable bonds is 8. The van der Waals surface area contributed by atoms with E-state index in [9.17, 15) is 9.90 Å². The van der Waals surface area contributed by atoms with E-state index in [-0.39, 0.29) is 18.8 Å². The summed E-state index contributed by atoms with van der Waals surface area (Å²) in [6.07, 6.45) is 0.628. The molecule has 228 valence electrons. The molecule has 8 nitrogen and oxygen atoms in total. The Labute approximate surface area is 256 Å². The third-order valence-electron chi connectivity index (χ3n) is 8.25. The van der Waals surface area contributed by atoms with E-state index >= 15 is 0 Å². The molecule has 4 aliphatic heterocycles. The van der Waals surface area contributed by atoms with E-state index in [1.165, 1.54) is 0 Å². The van der Waals surface area contributed by atoms with Gasteiger partial charge in [-0.3, -0.25) is 0 Å². The van der Waals surface area contributed by atoms with Crippen molar-refractivity contribution in [2.24, 2.45) is 0 Å². The number of hydrogen-bond donors (Lipinski definition) is 1. The van der Waals surface area contributed by atoms with Gasteiger partial charge >= 0.3 is 5.97 Å². The van der Waals surface area contributed by atoms with E-state index < -0.39 is 41.6 Å². The second kappa shape index (κ2) is 12.8. The summed E-state index contributed by atoms with van der Waals surface area (Å²) in [7, 11) is 0. The van der Waals surface area contributed by atoms with Gasteiger partial charge in [0.1, 0.15) is 12.2 Å². The second-order valence-corrected chi connectivity index (χ2v) is 14.0. The van der Waals surface area contributed by atoms with E-state index in [0.717, 1.165) is 35.5 Å². The van der Waals surface area contributed by atoms with Crippen molar-refractivity contribution >= 4 is 29.5 Å². The maximum absolute atomic E-state index is 13.6. The molecular weight excluding hydrogens is 576 g/mol. The fraction of sp³-hybridized carbons (Fsp3) is 0.594. The van der Waals surface area contributed by atoms with Crippen molar-refractivity contribution in [2.45, 2.75) is 110 Å². The summed E-state index contributed by atoms with van der Waals surface area (Å²) in [6, 6.07) is 20.4. The van der Waals surface area contributed by atoms with Crippen molar-refractivity contribution in [1.29, 1.82) is 0 Å². The molecule has 1 N–H and O–H groups in total. The zero-order chi connectivity index (χ0) is 29.2. The number of aliphatic hydroxyl groups excluding tert-OH is 1. The number of fused-ring (bicyclic) bond motifs is 1. The summed E-state index contributed by atoms with van der Waals surface area (Å²) in [6.45, 7) is 3.70. The average Bonchev–Trinajstić information content (AvgIpc) is 3.37. The van der Waals surface area contributed by atoms with Crippen LogP contribution >= 0.6 is 23.5 Å². The normalized spacial score (nSPS) is 35.3. The molecule has 2 aromatic carbocycles. The number of carbonyl (C=O) groups excluding carboxylic acids is 1. The quantitative estimate of drug-likeness (QED) is 0.300. The Morgan fingerprint density at radius 3 is 1.90 bits per heavy atom. The van der Waals surface area contributed by atoms with Gasteiger partial charge in [-0.25, -0.2) is 4.79 Å². The Balaban J connectivity index is 1.24. The number of esters is 1. The van der Waals surface area contributed by atoms with Crippen molar-refractivity contribution < 1.29 is 38.3 Å². The van der Waals surface area contributed by atoms with Gasteiger partial charge in [-0.15, -0.1) is 23.5 Å². The fourth-order valence-electron chi connectivity index (χ4n) is 6.20. The molecule has 2 spiro atoms. The Morgan fingerprint density at radius 1 is 0.810 bits per heavy atom. The Kier molecular flexibility index (Phi) is 9.24. The molecule has 7 atom stereocenters. The SMILES string of the molecule is CC1(C)OC[C@H]([C@@H](O)[C@H]2O[C@@]3(CCC[C@@H](CSc4ccccc4)O3)[C@]3(CCC[C@@H](CSc4ccccc4)O3)OC2=O)O1. The van der Waals surface area contributed by atoms with Crippen molar-refractivity contribution in [3.63, 3.8) is 0 Å². The van der Waals surface area contributed by atoms with Crippen LogP contribution in [0.2, 0.25) is 0 Å². The van der Waals surface area contributed by atoms with Crippen LogP contribution in [0.3, 0.4) is 0 Å². The van der Waals surface area contributed by atoms with Gasteiger partial charge < -0.3 is 33.5 Å². The van der Waals surface area contributed by atoms with Gasteiger partial charge in [0.05, 0.1) is 18.8 Å². The van der Waals surface area contributed by atoms with Gasteiger partial charge in [-0.05, 0) is 63.8 Å². The van der Waals surface area contributed by atoms with E-state index in [1.807, 2.05) is 36.4 Å². The Morgan fingerprint density at radius 2 is 1.36 bits per heavy atom. The highest BCUT2D eigenvalue weighted by Crippen LogP contribution is 2.51. The molecule has 0 bridgehead atoms. The zero-order valence-electron chi connectivity index (χ0n) is 24.1. The maximum Gasteiger partial charge on any atom is 0.340 e.